The summed E-state index contributed by atoms with van der Waals surface area (Å²) in [6.45, 7) is 7.39. The van der Waals surface area contributed by atoms with Gasteiger partial charge in [0.15, 0.2) is 5.82 Å². The topological polar surface area (TPSA) is 110 Å². The minimum absolute atomic E-state index is 0.212. The normalized spacial score (nSPS) is 13.9. The largest absolute Gasteiger partial charge is 0.392 e. The van der Waals surface area contributed by atoms with E-state index in [1.54, 1.807) is 60.5 Å². The van der Waals surface area contributed by atoms with Gasteiger partial charge in [-0.05, 0) is 54.5 Å². The van der Waals surface area contributed by atoms with Gasteiger partial charge in [0.1, 0.15) is 11.5 Å². The summed E-state index contributed by atoms with van der Waals surface area (Å²) in [4.78, 5) is 31.2. The maximum Gasteiger partial charge on any atom is 0.274 e. The van der Waals surface area contributed by atoms with Crippen LogP contribution < -0.4 is 15.8 Å². The van der Waals surface area contributed by atoms with Crippen molar-refractivity contribution < 1.29 is 9.90 Å². The Morgan fingerprint density at radius 3 is 2.69 bits per heavy atom. The van der Waals surface area contributed by atoms with Crippen molar-refractivity contribution >= 4 is 23.7 Å². The van der Waals surface area contributed by atoms with Crippen LogP contribution in [0.3, 0.4) is 0 Å². The van der Waals surface area contributed by atoms with Crippen LogP contribution in [0.15, 0.2) is 47.7 Å². The molecule has 4 aromatic heterocycles. The van der Waals surface area contributed by atoms with Crippen LogP contribution in [0.5, 0.6) is 0 Å². The first-order valence-corrected chi connectivity index (χ1v) is 13.1. The molecule has 5 rings (SSSR count). The number of nitrogens with zero attached hydrogens (tertiary/aromatic N) is 6. The average Bonchev–Trinajstić information content (AvgIpc) is 3.52. The molecule has 2 N–H and O–H groups in total. The zero-order valence-corrected chi connectivity index (χ0v) is 23.1. The number of pyridine rings is 2. The molecule has 10 heteroatoms. The van der Waals surface area contributed by atoms with Crippen LogP contribution in [0, 0.1) is 12.3 Å². The van der Waals surface area contributed by atoms with E-state index in [2.05, 4.69) is 46.8 Å². The first kappa shape index (κ1) is 26.4. The highest BCUT2D eigenvalue weighted by atomic mass is 16.3. The van der Waals surface area contributed by atoms with Crippen molar-refractivity contribution in [3.8, 4) is 11.1 Å². The van der Waals surface area contributed by atoms with E-state index in [4.69, 9.17) is 0 Å². The smallest absolute Gasteiger partial charge is 0.274 e. The van der Waals surface area contributed by atoms with E-state index in [1.165, 1.54) is 21.5 Å². The standard InChI is InChI=1S/C29H35N7O3/c1-19-12-20-14-29(2,3)15-25(20)36(19)11-10-35(18-38)27-23(17-37)22(6-8-30-27)21-13-24(28(39)33(4)16-21)31-26-7-9-34(5)32-26/h6-9,12-13,16,18,37H,10-11,14-15,17H2,1-5H3,(H,31,32). The molecule has 0 bridgehead atoms. The van der Waals surface area contributed by atoms with Crippen LogP contribution in [0.4, 0.5) is 17.3 Å². The predicted octanol–water partition coefficient (Wildman–Crippen LogP) is 3.31. The Labute approximate surface area is 227 Å². The molecule has 0 saturated carbocycles. The number of nitrogens with one attached hydrogen (secondary N) is 1. The van der Waals surface area contributed by atoms with Crippen LogP contribution in [0.25, 0.3) is 11.1 Å². The highest BCUT2D eigenvalue weighted by Crippen LogP contribution is 2.38. The van der Waals surface area contributed by atoms with Crippen molar-refractivity contribution in [3.05, 3.63) is 75.7 Å². The lowest BCUT2D eigenvalue weighted by molar-refractivity contribution is -0.107. The van der Waals surface area contributed by atoms with Gasteiger partial charge in [0.25, 0.3) is 5.56 Å². The molecule has 0 fully saturated rings. The lowest BCUT2D eigenvalue weighted by atomic mass is 9.90. The molecule has 39 heavy (non-hydrogen) atoms. The fourth-order valence-electron chi connectivity index (χ4n) is 5.64. The summed E-state index contributed by atoms with van der Waals surface area (Å²) in [5.74, 6) is 0.951. The molecule has 10 nitrogen and oxygen atoms in total. The fourth-order valence-corrected chi connectivity index (χ4v) is 5.64. The molecule has 0 radical (unpaired) electrons. The Morgan fingerprint density at radius 2 is 2.00 bits per heavy atom. The van der Waals surface area contributed by atoms with Gasteiger partial charge < -0.3 is 19.6 Å². The zero-order valence-electron chi connectivity index (χ0n) is 23.1. The van der Waals surface area contributed by atoms with Gasteiger partial charge in [-0.25, -0.2) is 4.98 Å². The maximum absolute atomic E-state index is 12.8. The van der Waals surface area contributed by atoms with Crippen molar-refractivity contribution in [2.75, 3.05) is 16.8 Å². The summed E-state index contributed by atoms with van der Waals surface area (Å²) < 4.78 is 5.43. The van der Waals surface area contributed by atoms with Gasteiger partial charge in [-0.2, -0.15) is 5.10 Å². The molecule has 1 amide bonds. The molecule has 0 unspecified atom stereocenters. The number of aryl methyl sites for hydroxylation is 3. The molecule has 0 aromatic carbocycles. The average molecular weight is 530 g/mol. The third-order valence-corrected chi connectivity index (χ3v) is 7.45. The molecule has 0 saturated heterocycles. The Bertz CT molecular complexity index is 1590. The molecule has 1 aliphatic rings. The first-order chi connectivity index (χ1) is 18.6. The number of aromatic nitrogens is 5. The lowest BCUT2D eigenvalue weighted by Crippen LogP contribution is -2.29. The van der Waals surface area contributed by atoms with E-state index in [-0.39, 0.29) is 17.6 Å². The van der Waals surface area contributed by atoms with E-state index in [9.17, 15) is 14.7 Å². The third-order valence-electron chi connectivity index (χ3n) is 7.45. The fraction of sp³-hybridized carbons (Fsp3) is 0.379. The van der Waals surface area contributed by atoms with E-state index >= 15 is 0 Å². The molecule has 204 valence electrons. The van der Waals surface area contributed by atoms with Crippen LogP contribution in [0.2, 0.25) is 0 Å². The molecule has 1 aliphatic carbocycles. The summed E-state index contributed by atoms with van der Waals surface area (Å²) in [6, 6.07) is 7.55. The number of hydrogen-bond donors (Lipinski definition) is 2. The van der Waals surface area contributed by atoms with Crippen molar-refractivity contribution in [2.24, 2.45) is 19.5 Å². The highest BCUT2D eigenvalue weighted by Gasteiger charge is 2.32. The Balaban J connectivity index is 1.46. The SMILES string of the molecule is Cc1cc2c(n1CCN(C=O)c1nccc(-c3cc(Nc4ccn(C)n4)c(=O)n(C)c3)c1CO)CC(C)(C)C2. The molecule has 0 spiro atoms. The second-order valence-corrected chi connectivity index (χ2v) is 11.1. The summed E-state index contributed by atoms with van der Waals surface area (Å²) in [6.07, 6.45) is 7.95. The highest BCUT2D eigenvalue weighted by molar-refractivity contribution is 5.81. The molecule has 4 aromatic rings. The van der Waals surface area contributed by atoms with E-state index in [0.717, 1.165) is 19.3 Å². The monoisotopic (exact) mass is 529 g/mol. The van der Waals surface area contributed by atoms with Gasteiger partial charge in [0.05, 0.1) is 6.61 Å². The van der Waals surface area contributed by atoms with Crippen LogP contribution in [-0.2, 0) is 44.9 Å². The number of rotatable bonds is 9. The second kappa shape index (κ2) is 10.2. The number of carbonyl (C=O) groups is 1. The molecular weight excluding hydrogens is 494 g/mol. The Morgan fingerprint density at radius 1 is 1.21 bits per heavy atom. The predicted molar refractivity (Wildman–Crippen MR) is 151 cm³/mol. The van der Waals surface area contributed by atoms with Crippen molar-refractivity contribution in [1.82, 2.24) is 23.9 Å². The number of carbonyl (C=O) groups excluding carboxylic acids is 1. The Hall–Kier alpha value is -4.18. The van der Waals surface area contributed by atoms with Gasteiger partial charge in [-0.1, -0.05) is 13.8 Å². The van der Waals surface area contributed by atoms with Gasteiger partial charge in [0.2, 0.25) is 6.41 Å². The van der Waals surface area contributed by atoms with E-state index in [1.807, 2.05) is 0 Å². The summed E-state index contributed by atoms with van der Waals surface area (Å²) in [7, 11) is 3.48. The van der Waals surface area contributed by atoms with E-state index < -0.39 is 0 Å². The van der Waals surface area contributed by atoms with E-state index in [0.29, 0.717) is 47.1 Å². The van der Waals surface area contributed by atoms with Gasteiger partial charge in [0, 0.05) is 74.4 Å². The van der Waals surface area contributed by atoms with Crippen molar-refractivity contribution in [1.29, 1.82) is 0 Å². The number of aliphatic hydroxyl groups excluding tert-OH is 1. The number of anilines is 3. The lowest BCUT2D eigenvalue weighted by Gasteiger charge is -2.23. The summed E-state index contributed by atoms with van der Waals surface area (Å²) in [5, 5.41) is 17.8. The van der Waals surface area contributed by atoms with Gasteiger partial charge in [-0.3, -0.25) is 19.2 Å². The van der Waals surface area contributed by atoms with Crippen molar-refractivity contribution in [3.63, 3.8) is 0 Å². The van der Waals surface area contributed by atoms with Gasteiger partial charge in [-0.15, -0.1) is 0 Å². The van der Waals surface area contributed by atoms with Crippen LogP contribution >= 0.6 is 0 Å². The maximum atomic E-state index is 12.8. The number of hydrogen-bond acceptors (Lipinski definition) is 6. The minimum atomic E-state index is -0.319. The molecule has 0 aliphatic heterocycles. The van der Waals surface area contributed by atoms with Gasteiger partial charge >= 0.3 is 0 Å². The molecular formula is C29H35N7O3. The summed E-state index contributed by atoms with van der Waals surface area (Å²) >= 11 is 0. The number of aliphatic hydroxyl groups is 1. The van der Waals surface area contributed by atoms with Crippen molar-refractivity contribution in [2.45, 2.75) is 46.8 Å². The Kier molecular flexibility index (Phi) is 6.90. The third kappa shape index (κ3) is 5.12. The molecule has 0 atom stereocenters. The van der Waals surface area contributed by atoms with Crippen LogP contribution in [0.1, 0.15) is 36.4 Å². The second-order valence-electron chi connectivity index (χ2n) is 11.1. The van der Waals surface area contributed by atoms with Crippen LogP contribution in [-0.4, -0.2) is 42.0 Å². The first-order valence-electron chi connectivity index (χ1n) is 13.1. The molecule has 4 heterocycles. The quantitative estimate of drug-likeness (QED) is 0.322. The summed E-state index contributed by atoms with van der Waals surface area (Å²) in [5.41, 5.74) is 6.20. The number of fused-ring (bicyclic) bond motifs is 1. The zero-order chi connectivity index (χ0) is 27.9. The minimum Gasteiger partial charge on any atom is -0.392 e. The number of amides is 1.